The molecule has 1 fully saturated rings. The maximum absolute atomic E-state index is 11.2. The van der Waals surface area contributed by atoms with Crippen LogP contribution in [-0.4, -0.2) is 24.5 Å². The van der Waals surface area contributed by atoms with Crippen molar-refractivity contribution < 1.29 is 9.53 Å². The van der Waals surface area contributed by atoms with Crippen molar-refractivity contribution in [1.82, 2.24) is 0 Å². The molecule has 1 rings (SSSR count). The van der Waals surface area contributed by atoms with Gasteiger partial charge in [0, 0.05) is 12.5 Å². The normalized spacial score (nSPS) is 22.8. The van der Waals surface area contributed by atoms with E-state index in [1.54, 1.807) is 0 Å². The van der Waals surface area contributed by atoms with Crippen LogP contribution in [0.1, 0.15) is 39.0 Å². The molecule has 0 saturated carbocycles. The van der Waals surface area contributed by atoms with Crippen molar-refractivity contribution in [2.75, 3.05) is 6.61 Å². The van der Waals surface area contributed by atoms with Crippen LogP contribution in [0.2, 0.25) is 0 Å². The van der Waals surface area contributed by atoms with E-state index in [0.29, 0.717) is 19.1 Å². The molecular weight excluding hydrogens is 166 g/mol. The van der Waals surface area contributed by atoms with Gasteiger partial charge in [0.2, 0.25) is 0 Å². The highest BCUT2D eigenvalue weighted by atomic mass is 16.6. The topological polar surface area (TPSA) is 55.6 Å². The van der Waals surface area contributed by atoms with Crippen molar-refractivity contribution in [2.45, 2.75) is 51.2 Å². The number of epoxide rings is 1. The van der Waals surface area contributed by atoms with E-state index in [1.165, 1.54) is 0 Å². The number of nitrogens with two attached hydrogens (primary N) is 1. The van der Waals surface area contributed by atoms with Crippen LogP contribution in [0, 0.1) is 0 Å². The first kappa shape index (κ1) is 10.7. The summed E-state index contributed by atoms with van der Waals surface area (Å²) in [7, 11) is 0. The lowest BCUT2D eigenvalue weighted by atomic mass is 10.1. The molecular formula is C10H19NO2. The zero-order chi connectivity index (χ0) is 9.68. The summed E-state index contributed by atoms with van der Waals surface area (Å²) in [4.78, 5) is 11.2. The molecule has 3 nitrogen and oxygen atoms in total. The summed E-state index contributed by atoms with van der Waals surface area (Å²) in [6.07, 6.45) is 4.94. The Morgan fingerprint density at radius 2 is 2.23 bits per heavy atom. The second kappa shape index (κ2) is 5.35. The van der Waals surface area contributed by atoms with Crippen molar-refractivity contribution in [2.24, 2.45) is 5.73 Å². The Morgan fingerprint density at radius 3 is 2.77 bits per heavy atom. The highest BCUT2D eigenvalue weighted by Crippen LogP contribution is 2.14. The molecule has 2 unspecified atom stereocenters. The van der Waals surface area contributed by atoms with Crippen molar-refractivity contribution in [3.8, 4) is 0 Å². The van der Waals surface area contributed by atoms with Gasteiger partial charge in [-0.25, -0.2) is 0 Å². The third kappa shape index (κ3) is 5.01. The van der Waals surface area contributed by atoms with Crippen molar-refractivity contribution in [3.63, 3.8) is 0 Å². The lowest BCUT2D eigenvalue weighted by Crippen LogP contribution is -2.14. The summed E-state index contributed by atoms with van der Waals surface area (Å²) in [5, 5.41) is 0. The van der Waals surface area contributed by atoms with Gasteiger partial charge in [-0.1, -0.05) is 12.8 Å². The Morgan fingerprint density at radius 1 is 1.54 bits per heavy atom. The first-order valence-electron chi connectivity index (χ1n) is 5.10. The van der Waals surface area contributed by atoms with Gasteiger partial charge < -0.3 is 10.5 Å². The number of hydrogen-bond donors (Lipinski definition) is 1. The van der Waals surface area contributed by atoms with Gasteiger partial charge in [-0.2, -0.15) is 0 Å². The number of unbranched alkanes of at least 4 members (excludes halogenated alkanes) is 2. The van der Waals surface area contributed by atoms with Gasteiger partial charge in [0.05, 0.1) is 6.61 Å². The van der Waals surface area contributed by atoms with Gasteiger partial charge in [0.25, 0.3) is 0 Å². The third-order valence-corrected chi connectivity index (χ3v) is 2.28. The van der Waals surface area contributed by atoms with Crippen LogP contribution in [0.3, 0.4) is 0 Å². The minimum Gasteiger partial charge on any atom is -0.365 e. The van der Waals surface area contributed by atoms with Crippen LogP contribution >= 0.6 is 0 Å². The third-order valence-electron chi connectivity index (χ3n) is 2.28. The van der Waals surface area contributed by atoms with Crippen LogP contribution in [0.4, 0.5) is 0 Å². The minimum absolute atomic E-state index is 0.0477. The first-order chi connectivity index (χ1) is 6.20. The molecule has 2 N–H and O–H groups in total. The zero-order valence-corrected chi connectivity index (χ0v) is 8.29. The average molecular weight is 185 g/mol. The Hall–Kier alpha value is -0.410. The average Bonchev–Trinajstić information content (AvgIpc) is 2.85. The summed E-state index contributed by atoms with van der Waals surface area (Å²) in [5.74, 6) is 0.279. The molecule has 0 aliphatic carbocycles. The van der Waals surface area contributed by atoms with Crippen molar-refractivity contribution >= 4 is 5.78 Å². The predicted octanol–water partition coefficient (Wildman–Crippen LogP) is 1.25. The Kier molecular flexibility index (Phi) is 4.39. The van der Waals surface area contributed by atoms with Gasteiger partial charge in [0.15, 0.2) is 5.78 Å². The molecule has 0 aromatic heterocycles. The Labute approximate surface area is 79.6 Å². The van der Waals surface area contributed by atoms with E-state index < -0.39 is 0 Å². The zero-order valence-electron chi connectivity index (χ0n) is 8.29. The van der Waals surface area contributed by atoms with Gasteiger partial charge in [-0.15, -0.1) is 0 Å². The van der Waals surface area contributed by atoms with Gasteiger partial charge in [-0.3, -0.25) is 4.79 Å². The minimum atomic E-state index is -0.0477. The number of carbonyl (C=O) groups excluding carboxylic acids is 1. The van der Waals surface area contributed by atoms with Crippen molar-refractivity contribution in [3.05, 3.63) is 0 Å². The predicted molar refractivity (Wildman–Crippen MR) is 51.5 cm³/mol. The lowest BCUT2D eigenvalue weighted by Gasteiger charge is -2.03. The van der Waals surface area contributed by atoms with Crippen LogP contribution in [0.25, 0.3) is 0 Å². The van der Waals surface area contributed by atoms with E-state index in [1.807, 2.05) is 6.92 Å². The number of Topliss-reactive ketones (excluding diaryl/α,β-unsaturated/α-hetero) is 1. The summed E-state index contributed by atoms with van der Waals surface area (Å²) < 4.78 is 4.90. The highest BCUT2D eigenvalue weighted by molar-refractivity contribution is 5.84. The number of ether oxygens (including phenoxy) is 1. The maximum atomic E-state index is 11.2. The molecule has 0 radical (unpaired) electrons. The standard InChI is InChI=1S/C10H19NO2/c1-8(11)5-3-2-4-6-9(12)10-7-13-10/h8,10H,2-7,11H2,1H3. The monoisotopic (exact) mass is 185 g/mol. The quantitative estimate of drug-likeness (QED) is 0.480. The molecule has 1 aliphatic heterocycles. The summed E-state index contributed by atoms with van der Waals surface area (Å²) in [6.45, 7) is 2.67. The summed E-state index contributed by atoms with van der Waals surface area (Å²) in [6, 6.07) is 0.294. The summed E-state index contributed by atoms with van der Waals surface area (Å²) >= 11 is 0. The largest absolute Gasteiger partial charge is 0.365 e. The van der Waals surface area contributed by atoms with E-state index in [9.17, 15) is 4.79 Å². The Bertz CT molecular complexity index is 164. The Balaban J connectivity index is 1.86. The van der Waals surface area contributed by atoms with E-state index in [-0.39, 0.29) is 11.9 Å². The fourth-order valence-corrected chi connectivity index (χ4v) is 1.34. The molecule has 1 aliphatic rings. The van der Waals surface area contributed by atoms with Gasteiger partial charge in [0.1, 0.15) is 6.10 Å². The second-order valence-electron chi connectivity index (χ2n) is 3.86. The number of ketones is 1. The highest BCUT2D eigenvalue weighted by Gasteiger charge is 2.29. The molecule has 13 heavy (non-hydrogen) atoms. The molecule has 2 atom stereocenters. The molecule has 0 amide bonds. The molecule has 0 aromatic carbocycles. The molecule has 0 spiro atoms. The molecule has 1 saturated heterocycles. The van der Waals surface area contributed by atoms with E-state index in [0.717, 1.165) is 25.7 Å². The molecule has 3 heteroatoms. The lowest BCUT2D eigenvalue weighted by molar-refractivity contribution is -0.120. The van der Waals surface area contributed by atoms with Crippen molar-refractivity contribution in [1.29, 1.82) is 0 Å². The van der Waals surface area contributed by atoms with Gasteiger partial charge in [-0.05, 0) is 19.8 Å². The molecule has 76 valence electrons. The summed E-state index contributed by atoms with van der Waals surface area (Å²) in [5.41, 5.74) is 5.61. The van der Waals surface area contributed by atoms with E-state index in [2.05, 4.69) is 0 Å². The van der Waals surface area contributed by atoms with Gasteiger partial charge >= 0.3 is 0 Å². The van der Waals surface area contributed by atoms with Crippen LogP contribution < -0.4 is 5.73 Å². The fraction of sp³-hybridized carbons (Fsp3) is 0.900. The smallest absolute Gasteiger partial charge is 0.163 e. The molecule has 0 aromatic rings. The van der Waals surface area contributed by atoms with Crippen LogP contribution in [-0.2, 0) is 9.53 Å². The van der Waals surface area contributed by atoms with E-state index >= 15 is 0 Å². The first-order valence-corrected chi connectivity index (χ1v) is 5.10. The maximum Gasteiger partial charge on any atom is 0.163 e. The SMILES string of the molecule is CC(N)CCCCCC(=O)C1CO1. The van der Waals surface area contributed by atoms with E-state index in [4.69, 9.17) is 10.5 Å². The molecule has 1 heterocycles. The number of carbonyl (C=O) groups is 1. The van der Waals surface area contributed by atoms with Crippen LogP contribution in [0.15, 0.2) is 0 Å². The fourth-order valence-electron chi connectivity index (χ4n) is 1.34. The van der Waals surface area contributed by atoms with Crippen LogP contribution in [0.5, 0.6) is 0 Å². The number of hydrogen-bond acceptors (Lipinski definition) is 3. The second-order valence-corrected chi connectivity index (χ2v) is 3.86. The molecule has 0 bridgehead atoms. The number of rotatable bonds is 7.